The highest BCUT2D eigenvalue weighted by Crippen LogP contribution is 2.27. The molecule has 0 radical (unpaired) electrons. The molecule has 0 aliphatic heterocycles. The van der Waals surface area contributed by atoms with E-state index in [-0.39, 0.29) is 17.9 Å². The Labute approximate surface area is 169 Å². The second kappa shape index (κ2) is 8.40. The molecular weight excluding hydrogens is 368 g/mol. The lowest BCUT2D eigenvalue weighted by Crippen LogP contribution is -2.29. The standard InChI is InChI=1S/C23H24N2O2S/c1-15-13-21(28-17(15)3)23(27)25(4)16(2)19-11-8-12-20(14-19)24-22(26)18-9-6-5-7-10-18/h5-14,16H,1-4H3,(H,24,26). The van der Waals surface area contributed by atoms with Crippen molar-refractivity contribution in [1.29, 1.82) is 0 Å². The number of carbonyl (C=O) groups excluding carboxylic acids is 2. The van der Waals surface area contributed by atoms with Crippen LogP contribution in [0.15, 0.2) is 60.7 Å². The smallest absolute Gasteiger partial charge is 0.264 e. The molecule has 3 rings (SSSR count). The Hall–Kier alpha value is -2.92. The van der Waals surface area contributed by atoms with E-state index < -0.39 is 0 Å². The molecule has 3 aromatic rings. The maximum atomic E-state index is 12.8. The lowest BCUT2D eigenvalue weighted by atomic mass is 10.1. The fourth-order valence-electron chi connectivity index (χ4n) is 2.92. The maximum Gasteiger partial charge on any atom is 0.264 e. The molecule has 28 heavy (non-hydrogen) atoms. The number of aryl methyl sites for hydroxylation is 2. The van der Waals surface area contributed by atoms with Crippen molar-refractivity contribution in [1.82, 2.24) is 4.90 Å². The number of hydrogen-bond donors (Lipinski definition) is 1. The molecule has 5 heteroatoms. The van der Waals surface area contributed by atoms with Gasteiger partial charge in [-0.1, -0.05) is 30.3 Å². The van der Waals surface area contributed by atoms with Gasteiger partial charge in [0, 0.05) is 23.2 Å². The monoisotopic (exact) mass is 392 g/mol. The lowest BCUT2D eigenvalue weighted by molar-refractivity contribution is 0.0747. The predicted octanol–water partition coefficient (Wildman–Crippen LogP) is 5.45. The molecule has 1 N–H and O–H groups in total. The van der Waals surface area contributed by atoms with E-state index in [0.29, 0.717) is 11.3 Å². The maximum absolute atomic E-state index is 12.8. The number of carbonyl (C=O) groups is 2. The van der Waals surface area contributed by atoms with E-state index >= 15 is 0 Å². The minimum atomic E-state index is -0.153. The highest BCUT2D eigenvalue weighted by atomic mass is 32.1. The van der Waals surface area contributed by atoms with Gasteiger partial charge in [0.25, 0.3) is 11.8 Å². The zero-order valence-electron chi connectivity index (χ0n) is 16.5. The summed E-state index contributed by atoms with van der Waals surface area (Å²) in [6.45, 7) is 6.04. The van der Waals surface area contributed by atoms with Crippen molar-refractivity contribution in [3.8, 4) is 0 Å². The van der Waals surface area contributed by atoms with E-state index in [1.165, 1.54) is 11.3 Å². The van der Waals surface area contributed by atoms with Crippen LogP contribution in [0.5, 0.6) is 0 Å². The summed E-state index contributed by atoms with van der Waals surface area (Å²) >= 11 is 1.52. The van der Waals surface area contributed by atoms with Crippen LogP contribution >= 0.6 is 11.3 Å². The van der Waals surface area contributed by atoms with Gasteiger partial charge in [0.05, 0.1) is 10.9 Å². The van der Waals surface area contributed by atoms with Crippen LogP contribution in [0, 0.1) is 13.8 Å². The van der Waals surface area contributed by atoms with Crippen molar-refractivity contribution < 1.29 is 9.59 Å². The molecule has 4 nitrogen and oxygen atoms in total. The second-order valence-corrected chi connectivity index (χ2v) is 8.14. The van der Waals surface area contributed by atoms with Crippen LogP contribution in [0.25, 0.3) is 0 Å². The number of amides is 2. The van der Waals surface area contributed by atoms with Gasteiger partial charge < -0.3 is 10.2 Å². The van der Waals surface area contributed by atoms with E-state index in [1.54, 1.807) is 17.0 Å². The summed E-state index contributed by atoms with van der Waals surface area (Å²) < 4.78 is 0. The molecule has 0 aliphatic carbocycles. The van der Waals surface area contributed by atoms with E-state index in [0.717, 1.165) is 20.9 Å². The minimum Gasteiger partial charge on any atom is -0.334 e. The highest BCUT2D eigenvalue weighted by Gasteiger charge is 2.21. The Kier molecular flexibility index (Phi) is 5.95. The SMILES string of the molecule is Cc1cc(C(=O)N(C)C(C)c2cccc(NC(=O)c3ccccc3)c2)sc1C. The van der Waals surface area contributed by atoms with Gasteiger partial charge in [-0.15, -0.1) is 11.3 Å². The minimum absolute atomic E-state index is 0.00687. The Balaban J connectivity index is 1.75. The van der Waals surface area contributed by atoms with Crippen molar-refractivity contribution in [2.75, 3.05) is 12.4 Å². The first-order valence-electron chi connectivity index (χ1n) is 9.17. The largest absolute Gasteiger partial charge is 0.334 e. The third-order valence-corrected chi connectivity index (χ3v) is 6.08. The van der Waals surface area contributed by atoms with E-state index in [2.05, 4.69) is 5.32 Å². The third-order valence-electron chi connectivity index (χ3n) is 4.94. The number of benzene rings is 2. The van der Waals surface area contributed by atoms with Crippen LogP contribution in [0.3, 0.4) is 0 Å². The summed E-state index contributed by atoms with van der Waals surface area (Å²) in [6.07, 6.45) is 0. The van der Waals surface area contributed by atoms with Gasteiger partial charge in [0.2, 0.25) is 0 Å². The van der Waals surface area contributed by atoms with Crippen molar-refractivity contribution >= 4 is 28.8 Å². The van der Waals surface area contributed by atoms with Crippen molar-refractivity contribution in [3.05, 3.63) is 87.1 Å². The number of hydrogen-bond acceptors (Lipinski definition) is 3. The lowest BCUT2D eigenvalue weighted by Gasteiger charge is -2.25. The summed E-state index contributed by atoms with van der Waals surface area (Å²) in [4.78, 5) is 28.9. The van der Waals surface area contributed by atoms with Crippen molar-refractivity contribution in [2.45, 2.75) is 26.8 Å². The summed E-state index contributed by atoms with van der Waals surface area (Å²) in [7, 11) is 1.81. The Bertz CT molecular complexity index is 975. The quantitative estimate of drug-likeness (QED) is 0.628. The fraction of sp³-hybridized carbons (Fsp3) is 0.217. The second-order valence-electron chi connectivity index (χ2n) is 6.89. The molecule has 144 valence electrons. The molecule has 0 aliphatic rings. The zero-order valence-corrected chi connectivity index (χ0v) is 17.3. The first kappa shape index (κ1) is 19.8. The molecule has 1 heterocycles. The van der Waals surface area contributed by atoms with Crippen LogP contribution in [-0.4, -0.2) is 23.8 Å². The van der Waals surface area contributed by atoms with E-state index in [9.17, 15) is 9.59 Å². The molecule has 1 aromatic heterocycles. The average Bonchev–Trinajstić information content (AvgIpc) is 3.05. The normalized spacial score (nSPS) is 11.7. The highest BCUT2D eigenvalue weighted by molar-refractivity contribution is 7.14. The number of anilines is 1. The first-order chi connectivity index (χ1) is 13.4. The van der Waals surface area contributed by atoms with Gasteiger partial charge in [0.15, 0.2) is 0 Å². The van der Waals surface area contributed by atoms with Crippen LogP contribution in [0.4, 0.5) is 5.69 Å². The van der Waals surface area contributed by atoms with Crippen LogP contribution in [-0.2, 0) is 0 Å². The predicted molar refractivity (Wildman–Crippen MR) is 115 cm³/mol. The van der Waals surface area contributed by atoms with Crippen LogP contribution in [0.2, 0.25) is 0 Å². The zero-order chi connectivity index (χ0) is 20.3. The molecule has 0 saturated heterocycles. The Morgan fingerprint density at radius 1 is 1.00 bits per heavy atom. The van der Waals surface area contributed by atoms with Gasteiger partial charge in [-0.25, -0.2) is 0 Å². The summed E-state index contributed by atoms with van der Waals surface area (Å²) in [5.41, 5.74) is 3.42. The Morgan fingerprint density at radius 3 is 2.36 bits per heavy atom. The molecule has 2 aromatic carbocycles. The van der Waals surface area contributed by atoms with Crippen molar-refractivity contribution in [3.63, 3.8) is 0 Å². The molecule has 2 amide bonds. The molecule has 0 fully saturated rings. The number of rotatable bonds is 5. The fourth-order valence-corrected chi connectivity index (χ4v) is 3.94. The average molecular weight is 393 g/mol. The summed E-state index contributed by atoms with van der Waals surface area (Å²) in [6, 6.07) is 18.6. The molecule has 1 atom stereocenters. The summed E-state index contributed by atoms with van der Waals surface area (Å²) in [5.74, 6) is -0.146. The Morgan fingerprint density at radius 2 is 1.71 bits per heavy atom. The van der Waals surface area contributed by atoms with Gasteiger partial charge >= 0.3 is 0 Å². The molecular formula is C23H24N2O2S. The van der Waals surface area contributed by atoms with Gasteiger partial charge in [-0.2, -0.15) is 0 Å². The van der Waals surface area contributed by atoms with E-state index in [4.69, 9.17) is 0 Å². The third kappa shape index (κ3) is 4.31. The number of thiophene rings is 1. The van der Waals surface area contributed by atoms with Gasteiger partial charge in [-0.05, 0) is 62.2 Å². The van der Waals surface area contributed by atoms with Gasteiger partial charge in [0.1, 0.15) is 0 Å². The summed E-state index contributed by atoms with van der Waals surface area (Å²) in [5, 5.41) is 2.92. The van der Waals surface area contributed by atoms with Gasteiger partial charge in [-0.3, -0.25) is 9.59 Å². The molecule has 0 bridgehead atoms. The van der Waals surface area contributed by atoms with Crippen molar-refractivity contribution in [2.24, 2.45) is 0 Å². The first-order valence-corrected chi connectivity index (χ1v) is 9.99. The molecule has 0 spiro atoms. The number of nitrogens with zero attached hydrogens (tertiary/aromatic N) is 1. The topological polar surface area (TPSA) is 49.4 Å². The molecule has 0 saturated carbocycles. The number of nitrogens with one attached hydrogen (secondary N) is 1. The molecule has 1 unspecified atom stereocenters. The van der Waals surface area contributed by atoms with Crippen LogP contribution < -0.4 is 5.32 Å². The van der Waals surface area contributed by atoms with Crippen LogP contribution in [0.1, 0.15) is 49.0 Å². The van der Waals surface area contributed by atoms with E-state index in [1.807, 2.05) is 76.3 Å².